The Labute approximate surface area is 193 Å². The maximum atomic E-state index is 12.8. The standard InChI is InChI=1S/C24H32N6O3/c25-9-12-27-23(31)16-1-4-18(5-2-16)30-14-21-22(29-24(30)32)28-19-13-17(3-6-20(19)33-21)15-7-10-26-11-8-15/h3,6,13-16,18,26H,1-2,4-5,7-12,25H2,(H,27,31)(H,28,29,32)/t16-,18-. The second-order valence-electron chi connectivity index (χ2n) is 9.24. The van der Waals surface area contributed by atoms with Crippen LogP contribution in [0.2, 0.25) is 0 Å². The lowest BCUT2D eigenvalue weighted by Gasteiger charge is -2.30. The van der Waals surface area contributed by atoms with Crippen molar-refractivity contribution in [2.24, 2.45) is 11.7 Å². The van der Waals surface area contributed by atoms with Crippen LogP contribution in [-0.4, -0.2) is 41.6 Å². The fourth-order valence-corrected chi connectivity index (χ4v) is 5.22. The van der Waals surface area contributed by atoms with Gasteiger partial charge in [-0.05, 0) is 75.2 Å². The summed E-state index contributed by atoms with van der Waals surface area (Å²) in [6.45, 7) is 3.01. The smallest absolute Gasteiger partial charge is 0.350 e. The normalized spacial score (nSPS) is 22.5. The number of fused-ring (bicyclic) bond motifs is 2. The lowest BCUT2D eigenvalue weighted by molar-refractivity contribution is -0.126. The summed E-state index contributed by atoms with van der Waals surface area (Å²) < 4.78 is 7.81. The van der Waals surface area contributed by atoms with E-state index < -0.39 is 0 Å². The van der Waals surface area contributed by atoms with E-state index in [9.17, 15) is 9.59 Å². The third kappa shape index (κ3) is 4.60. The van der Waals surface area contributed by atoms with E-state index >= 15 is 0 Å². The Bertz CT molecular complexity index is 1070. The van der Waals surface area contributed by atoms with Gasteiger partial charge < -0.3 is 26.4 Å². The molecule has 3 heterocycles. The van der Waals surface area contributed by atoms with Gasteiger partial charge in [0.1, 0.15) is 0 Å². The van der Waals surface area contributed by atoms with Crippen molar-refractivity contribution in [3.8, 4) is 11.5 Å². The Morgan fingerprint density at radius 2 is 1.94 bits per heavy atom. The Hall–Kier alpha value is -2.91. The first kappa shape index (κ1) is 21.9. The molecule has 0 bridgehead atoms. The molecule has 2 aromatic rings. The predicted molar refractivity (Wildman–Crippen MR) is 126 cm³/mol. The quantitative estimate of drug-likeness (QED) is 0.469. The highest BCUT2D eigenvalue weighted by Gasteiger charge is 2.29. The van der Waals surface area contributed by atoms with Gasteiger partial charge in [0, 0.05) is 25.0 Å². The van der Waals surface area contributed by atoms with Crippen LogP contribution in [0.1, 0.15) is 56.0 Å². The van der Waals surface area contributed by atoms with Gasteiger partial charge in [-0.25, -0.2) is 4.79 Å². The highest BCUT2D eigenvalue weighted by molar-refractivity contribution is 5.78. The molecule has 3 aliphatic rings. The van der Waals surface area contributed by atoms with Crippen LogP contribution in [0, 0.1) is 5.92 Å². The molecule has 0 radical (unpaired) electrons. The number of anilines is 2. The fraction of sp³-hybridized carbons (Fsp3) is 0.542. The number of piperidine rings is 1. The lowest BCUT2D eigenvalue weighted by atomic mass is 9.85. The monoisotopic (exact) mass is 452 g/mol. The second-order valence-corrected chi connectivity index (χ2v) is 9.24. The number of nitrogens with two attached hydrogens (primary N) is 1. The fourth-order valence-electron chi connectivity index (χ4n) is 5.22. The first-order valence-electron chi connectivity index (χ1n) is 12.0. The lowest BCUT2D eigenvalue weighted by Crippen LogP contribution is -2.37. The van der Waals surface area contributed by atoms with Crippen molar-refractivity contribution in [1.82, 2.24) is 20.2 Å². The third-order valence-electron chi connectivity index (χ3n) is 7.11. The largest absolute Gasteiger partial charge is 0.450 e. The maximum absolute atomic E-state index is 12.8. The number of carbonyl (C=O) groups excluding carboxylic acids is 1. The zero-order valence-electron chi connectivity index (χ0n) is 18.8. The van der Waals surface area contributed by atoms with Crippen LogP contribution in [-0.2, 0) is 4.79 Å². The molecule has 1 aromatic carbocycles. The molecule has 0 atom stereocenters. The van der Waals surface area contributed by atoms with Crippen LogP contribution in [0.5, 0.6) is 11.5 Å². The minimum absolute atomic E-state index is 0.0149. The van der Waals surface area contributed by atoms with E-state index in [2.05, 4.69) is 33.1 Å². The van der Waals surface area contributed by atoms with E-state index in [1.165, 1.54) is 5.56 Å². The van der Waals surface area contributed by atoms with Crippen LogP contribution in [0.15, 0.2) is 29.2 Å². The minimum atomic E-state index is -0.293. The summed E-state index contributed by atoms with van der Waals surface area (Å²) in [5, 5.41) is 9.57. The summed E-state index contributed by atoms with van der Waals surface area (Å²) in [4.78, 5) is 29.3. The Balaban J connectivity index is 1.29. The van der Waals surface area contributed by atoms with Crippen LogP contribution in [0.3, 0.4) is 0 Å². The molecule has 0 unspecified atom stereocenters. The number of hydrogen-bond acceptors (Lipinski definition) is 7. The summed E-state index contributed by atoms with van der Waals surface area (Å²) in [6.07, 6.45) is 7.00. The van der Waals surface area contributed by atoms with Crippen LogP contribution in [0.25, 0.3) is 0 Å². The molecule has 1 aliphatic carbocycles. The predicted octanol–water partition coefficient (Wildman–Crippen LogP) is 2.37. The van der Waals surface area contributed by atoms with E-state index in [1.54, 1.807) is 10.8 Å². The van der Waals surface area contributed by atoms with Crippen molar-refractivity contribution in [3.63, 3.8) is 0 Å². The molecular formula is C24H32N6O3. The van der Waals surface area contributed by atoms with Gasteiger partial charge in [-0.2, -0.15) is 4.98 Å². The molecular weight excluding hydrogens is 420 g/mol. The number of nitrogens with zero attached hydrogens (tertiary/aromatic N) is 2. The number of hydrogen-bond donors (Lipinski definition) is 4. The molecule has 0 spiro atoms. The highest BCUT2D eigenvalue weighted by Crippen LogP contribution is 2.43. The average Bonchev–Trinajstić information content (AvgIpc) is 2.86. The van der Waals surface area contributed by atoms with Crippen molar-refractivity contribution in [2.75, 3.05) is 31.5 Å². The van der Waals surface area contributed by atoms with Gasteiger partial charge in [-0.3, -0.25) is 9.36 Å². The van der Waals surface area contributed by atoms with Crippen molar-refractivity contribution < 1.29 is 9.53 Å². The molecule has 1 saturated carbocycles. The van der Waals surface area contributed by atoms with Gasteiger partial charge >= 0.3 is 5.69 Å². The van der Waals surface area contributed by atoms with Gasteiger partial charge in [0.25, 0.3) is 0 Å². The first-order chi connectivity index (χ1) is 16.1. The number of nitrogens with one attached hydrogen (secondary N) is 3. The molecule has 2 aliphatic heterocycles. The van der Waals surface area contributed by atoms with Crippen LogP contribution >= 0.6 is 0 Å². The zero-order valence-corrected chi connectivity index (χ0v) is 18.8. The summed E-state index contributed by atoms with van der Waals surface area (Å²) in [5.74, 6) is 2.33. The summed E-state index contributed by atoms with van der Waals surface area (Å²) in [5.41, 5.74) is 7.32. The molecule has 9 nitrogen and oxygen atoms in total. The van der Waals surface area contributed by atoms with Crippen molar-refractivity contribution in [3.05, 3.63) is 40.4 Å². The van der Waals surface area contributed by atoms with E-state index in [4.69, 9.17) is 10.5 Å². The molecule has 1 aromatic heterocycles. The molecule has 5 N–H and O–H groups in total. The molecule has 2 fully saturated rings. The Morgan fingerprint density at radius 1 is 1.15 bits per heavy atom. The molecule has 9 heteroatoms. The van der Waals surface area contributed by atoms with Gasteiger partial charge in [-0.1, -0.05) is 6.07 Å². The Morgan fingerprint density at radius 3 is 2.70 bits per heavy atom. The molecule has 1 saturated heterocycles. The summed E-state index contributed by atoms with van der Waals surface area (Å²) in [7, 11) is 0. The number of amides is 1. The number of ether oxygens (including phenoxy) is 1. The first-order valence-corrected chi connectivity index (χ1v) is 12.0. The topological polar surface area (TPSA) is 123 Å². The summed E-state index contributed by atoms with van der Waals surface area (Å²) in [6, 6.07) is 6.28. The molecule has 1 amide bonds. The number of carbonyl (C=O) groups is 1. The van der Waals surface area contributed by atoms with Gasteiger partial charge in [0.05, 0.1) is 11.9 Å². The van der Waals surface area contributed by atoms with Gasteiger partial charge in [-0.15, -0.1) is 0 Å². The molecule has 176 valence electrons. The number of aromatic nitrogens is 2. The van der Waals surface area contributed by atoms with E-state index in [0.29, 0.717) is 30.6 Å². The maximum Gasteiger partial charge on any atom is 0.350 e. The van der Waals surface area contributed by atoms with Crippen molar-refractivity contribution >= 4 is 17.4 Å². The van der Waals surface area contributed by atoms with Crippen molar-refractivity contribution in [1.29, 1.82) is 0 Å². The van der Waals surface area contributed by atoms with Gasteiger partial charge in [0.2, 0.25) is 5.91 Å². The number of benzene rings is 1. The zero-order chi connectivity index (χ0) is 22.8. The molecule has 33 heavy (non-hydrogen) atoms. The summed E-state index contributed by atoms with van der Waals surface area (Å²) >= 11 is 0. The van der Waals surface area contributed by atoms with Crippen molar-refractivity contribution in [2.45, 2.75) is 50.5 Å². The Kier molecular flexibility index (Phi) is 6.32. The average molecular weight is 453 g/mol. The van der Waals surface area contributed by atoms with E-state index in [0.717, 1.165) is 63.1 Å². The van der Waals surface area contributed by atoms with Crippen LogP contribution in [0.4, 0.5) is 11.5 Å². The highest BCUT2D eigenvalue weighted by atomic mass is 16.5. The number of rotatable bonds is 5. The van der Waals surface area contributed by atoms with E-state index in [1.807, 2.05) is 6.07 Å². The molecule has 5 rings (SSSR count). The van der Waals surface area contributed by atoms with Gasteiger partial charge in [0.15, 0.2) is 17.3 Å². The minimum Gasteiger partial charge on any atom is -0.450 e. The van der Waals surface area contributed by atoms with E-state index in [-0.39, 0.29) is 23.6 Å². The third-order valence-corrected chi connectivity index (χ3v) is 7.11. The SMILES string of the molecule is NCCNC(=O)[C@H]1CC[C@H](n2cc3c(nc2=O)Nc2cc(C4CCNCC4)ccc2O3)CC1. The second kappa shape index (κ2) is 9.52. The van der Waals surface area contributed by atoms with Crippen LogP contribution < -0.4 is 32.1 Å².